The van der Waals surface area contributed by atoms with Crippen LogP contribution in [0, 0.1) is 0 Å². The molecule has 8 heteroatoms. The molecule has 0 unspecified atom stereocenters. The maximum absolute atomic E-state index is 12.1. The first kappa shape index (κ1) is 17.4. The van der Waals surface area contributed by atoms with Gasteiger partial charge in [0.2, 0.25) is 11.7 Å². The van der Waals surface area contributed by atoms with Gasteiger partial charge in [-0.25, -0.2) is 0 Å². The third-order valence-corrected chi connectivity index (χ3v) is 3.71. The van der Waals surface area contributed by atoms with Gasteiger partial charge in [0.1, 0.15) is 18.0 Å². The highest BCUT2D eigenvalue weighted by molar-refractivity contribution is 5.75. The van der Waals surface area contributed by atoms with Crippen LogP contribution in [0.2, 0.25) is 0 Å². The molecule has 2 aromatic carbocycles. The van der Waals surface area contributed by atoms with Crippen LogP contribution in [0.1, 0.15) is 5.56 Å². The molecule has 8 nitrogen and oxygen atoms in total. The lowest BCUT2D eigenvalue weighted by molar-refractivity contribution is -0.122. The molecule has 0 fully saturated rings. The number of hydrogen-bond acceptors (Lipinski definition) is 6. The van der Waals surface area contributed by atoms with Gasteiger partial charge >= 0.3 is 0 Å². The molecule has 26 heavy (non-hydrogen) atoms. The molecule has 0 aliphatic rings. The largest absolute Gasteiger partial charge is 0.497 e. The molecule has 1 aromatic heterocycles. The number of benzene rings is 2. The number of ether oxygens (including phenoxy) is 2. The zero-order valence-electron chi connectivity index (χ0n) is 14.5. The third kappa shape index (κ3) is 4.35. The summed E-state index contributed by atoms with van der Waals surface area (Å²) in [6.07, 6.45) is 0. The summed E-state index contributed by atoms with van der Waals surface area (Å²) in [6, 6.07) is 14.8. The minimum absolute atomic E-state index is 0.00682. The van der Waals surface area contributed by atoms with E-state index in [0.29, 0.717) is 18.1 Å². The molecular formula is C18H19N5O3. The third-order valence-electron chi connectivity index (χ3n) is 3.71. The zero-order valence-corrected chi connectivity index (χ0v) is 14.5. The van der Waals surface area contributed by atoms with E-state index < -0.39 is 0 Å². The second-order valence-corrected chi connectivity index (χ2v) is 5.50. The topological polar surface area (TPSA) is 91.2 Å². The summed E-state index contributed by atoms with van der Waals surface area (Å²) in [5, 5.41) is 15.0. The SMILES string of the molecule is COc1ccc(CNC(=O)Cn2nnc(-c3cccc(OC)c3)n2)cc1. The van der Waals surface area contributed by atoms with Crippen molar-refractivity contribution in [3.63, 3.8) is 0 Å². The fourth-order valence-corrected chi connectivity index (χ4v) is 2.32. The van der Waals surface area contributed by atoms with Gasteiger partial charge in [-0.3, -0.25) is 4.79 Å². The first-order valence-corrected chi connectivity index (χ1v) is 8.00. The Morgan fingerprint density at radius 3 is 2.58 bits per heavy atom. The van der Waals surface area contributed by atoms with Crippen molar-refractivity contribution in [3.05, 3.63) is 54.1 Å². The zero-order chi connectivity index (χ0) is 18.4. The summed E-state index contributed by atoms with van der Waals surface area (Å²) in [7, 11) is 3.21. The molecule has 3 aromatic rings. The number of carbonyl (C=O) groups excluding carboxylic acids is 1. The van der Waals surface area contributed by atoms with Crippen molar-refractivity contribution in [1.29, 1.82) is 0 Å². The molecule has 0 aliphatic heterocycles. The first-order valence-electron chi connectivity index (χ1n) is 8.00. The maximum atomic E-state index is 12.1. The molecule has 0 spiro atoms. The molecular weight excluding hydrogens is 334 g/mol. The van der Waals surface area contributed by atoms with Gasteiger partial charge in [-0.05, 0) is 35.0 Å². The van der Waals surface area contributed by atoms with Gasteiger partial charge in [0.15, 0.2) is 0 Å². The number of hydrogen-bond donors (Lipinski definition) is 1. The van der Waals surface area contributed by atoms with Crippen molar-refractivity contribution in [2.75, 3.05) is 14.2 Å². The smallest absolute Gasteiger partial charge is 0.243 e. The van der Waals surface area contributed by atoms with Crippen LogP contribution < -0.4 is 14.8 Å². The number of nitrogens with zero attached hydrogens (tertiary/aromatic N) is 4. The van der Waals surface area contributed by atoms with Gasteiger partial charge in [-0.2, -0.15) is 4.80 Å². The van der Waals surface area contributed by atoms with Crippen LogP contribution in [-0.4, -0.2) is 40.3 Å². The Morgan fingerprint density at radius 2 is 1.85 bits per heavy atom. The predicted molar refractivity (Wildman–Crippen MR) is 94.6 cm³/mol. The Bertz CT molecular complexity index is 877. The lowest BCUT2D eigenvalue weighted by Gasteiger charge is -2.05. The van der Waals surface area contributed by atoms with E-state index >= 15 is 0 Å². The van der Waals surface area contributed by atoms with E-state index in [1.807, 2.05) is 48.5 Å². The fourth-order valence-electron chi connectivity index (χ4n) is 2.32. The van der Waals surface area contributed by atoms with Gasteiger partial charge in [-0.15, -0.1) is 10.2 Å². The maximum Gasteiger partial charge on any atom is 0.243 e. The molecule has 1 amide bonds. The number of aromatic nitrogens is 4. The van der Waals surface area contributed by atoms with Crippen LogP contribution in [0.5, 0.6) is 11.5 Å². The standard InChI is InChI=1S/C18H19N5O3/c1-25-15-8-6-13(7-9-15)11-19-17(24)12-23-21-18(20-22-23)14-4-3-5-16(10-14)26-2/h3-10H,11-12H2,1-2H3,(H,19,24). The number of tetrazole rings is 1. The number of methoxy groups -OCH3 is 2. The van der Waals surface area contributed by atoms with Crippen molar-refractivity contribution >= 4 is 5.91 Å². The molecule has 0 bridgehead atoms. The Labute approximate surface area is 150 Å². The molecule has 3 rings (SSSR count). The fraction of sp³-hybridized carbons (Fsp3) is 0.222. The lowest BCUT2D eigenvalue weighted by Crippen LogP contribution is -2.28. The molecule has 0 atom stereocenters. The average Bonchev–Trinajstić information content (AvgIpc) is 3.15. The van der Waals surface area contributed by atoms with Gasteiger partial charge in [0.25, 0.3) is 0 Å². The minimum atomic E-state index is -0.199. The molecule has 1 N–H and O–H groups in total. The average molecular weight is 353 g/mol. The lowest BCUT2D eigenvalue weighted by atomic mass is 10.2. The van der Waals surface area contributed by atoms with Crippen LogP contribution in [0.4, 0.5) is 0 Å². The number of rotatable bonds is 7. The van der Waals surface area contributed by atoms with E-state index in [1.54, 1.807) is 14.2 Å². The van der Waals surface area contributed by atoms with Crippen molar-refractivity contribution in [3.8, 4) is 22.9 Å². The van der Waals surface area contributed by atoms with Crippen molar-refractivity contribution in [2.45, 2.75) is 13.1 Å². The van der Waals surface area contributed by atoms with E-state index in [0.717, 1.165) is 16.9 Å². The highest BCUT2D eigenvalue weighted by atomic mass is 16.5. The molecule has 0 saturated carbocycles. The summed E-state index contributed by atoms with van der Waals surface area (Å²) >= 11 is 0. The Morgan fingerprint density at radius 1 is 1.08 bits per heavy atom. The van der Waals surface area contributed by atoms with Crippen molar-refractivity contribution < 1.29 is 14.3 Å². The van der Waals surface area contributed by atoms with Gasteiger partial charge in [0, 0.05) is 12.1 Å². The second-order valence-electron chi connectivity index (χ2n) is 5.50. The highest BCUT2D eigenvalue weighted by Gasteiger charge is 2.10. The summed E-state index contributed by atoms with van der Waals surface area (Å²) in [6.45, 7) is 0.410. The van der Waals surface area contributed by atoms with Crippen molar-refractivity contribution in [2.24, 2.45) is 0 Å². The number of nitrogens with one attached hydrogen (secondary N) is 1. The van der Waals surface area contributed by atoms with Crippen LogP contribution in [0.15, 0.2) is 48.5 Å². The Hall–Kier alpha value is -3.42. The van der Waals surface area contributed by atoms with E-state index in [9.17, 15) is 4.79 Å². The molecule has 134 valence electrons. The van der Waals surface area contributed by atoms with E-state index in [4.69, 9.17) is 9.47 Å². The summed E-state index contributed by atoms with van der Waals surface area (Å²) < 4.78 is 10.3. The molecule has 0 aliphatic carbocycles. The van der Waals surface area contributed by atoms with Crippen LogP contribution in [0.25, 0.3) is 11.4 Å². The van der Waals surface area contributed by atoms with E-state index in [1.165, 1.54) is 4.80 Å². The van der Waals surface area contributed by atoms with Gasteiger partial charge in [0.05, 0.1) is 14.2 Å². The van der Waals surface area contributed by atoms with E-state index in [2.05, 4.69) is 20.7 Å². The van der Waals surface area contributed by atoms with Crippen molar-refractivity contribution in [1.82, 2.24) is 25.5 Å². The van der Waals surface area contributed by atoms with Gasteiger partial charge < -0.3 is 14.8 Å². The first-order chi connectivity index (χ1) is 12.7. The Balaban J connectivity index is 1.56. The Kier molecular flexibility index (Phi) is 5.43. The van der Waals surface area contributed by atoms with E-state index in [-0.39, 0.29) is 12.5 Å². The van der Waals surface area contributed by atoms with Crippen LogP contribution in [0.3, 0.4) is 0 Å². The molecule has 0 radical (unpaired) electrons. The summed E-state index contributed by atoms with van der Waals surface area (Å²) in [5.74, 6) is 1.72. The monoisotopic (exact) mass is 353 g/mol. The minimum Gasteiger partial charge on any atom is -0.497 e. The quantitative estimate of drug-likeness (QED) is 0.695. The highest BCUT2D eigenvalue weighted by Crippen LogP contribution is 2.19. The number of amides is 1. The predicted octanol–water partition coefficient (Wildman–Crippen LogP) is 1.67. The molecule has 1 heterocycles. The number of carbonyl (C=O) groups is 1. The van der Waals surface area contributed by atoms with Crippen LogP contribution in [-0.2, 0) is 17.9 Å². The molecule has 0 saturated heterocycles. The van der Waals surface area contributed by atoms with Gasteiger partial charge in [-0.1, -0.05) is 24.3 Å². The summed E-state index contributed by atoms with van der Waals surface area (Å²) in [4.78, 5) is 13.3. The summed E-state index contributed by atoms with van der Waals surface area (Å²) in [5.41, 5.74) is 1.75. The second kappa shape index (κ2) is 8.11. The van der Waals surface area contributed by atoms with Crippen LogP contribution >= 0.6 is 0 Å². The normalized spacial score (nSPS) is 10.4.